The Morgan fingerprint density at radius 3 is 2.42 bits per heavy atom. The molecule has 0 aliphatic rings. The van der Waals surface area contributed by atoms with Gasteiger partial charge in [-0.15, -0.1) is 0 Å². The predicted molar refractivity (Wildman–Crippen MR) is 76.6 cm³/mol. The highest BCUT2D eigenvalue weighted by atomic mass is 79.9. The molecule has 0 radical (unpaired) electrons. The van der Waals surface area contributed by atoms with Crippen LogP contribution in [0.1, 0.15) is 24.2 Å². The van der Waals surface area contributed by atoms with Crippen molar-refractivity contribution in [1.82, 2.24) is 4.31 Å². The number of rotatable bonds is 6. The van der Waals surface area contributed by atoms with Crippen molar-refractivity contribution in [2.75, 3.05) is 17.8 Å². The van der Waals surface area contributed by atoms with Gasteiger partial charge in [0, 0.05) is 17.6 Å². The van der Waals surface area contributed by atoms with Gasteiger partial charge >= 0.3 is 16.2 Å². The lowest BCUT2D eigenvalue weighted by Gasteiger charge is -2.20. The fourth-order valence-corrected chi connectivity index (χ4v) is 3.17. The number of carbonyl (C=O) groups is 1. The number of carboxylic acid groups (broad SMARTS) is 1. The summed E-state index contributed by atoms with van der Waals surface area (Å²) in [6.07, 6.45) is 0. The van der Waals surface area contributed by atoms with Crippen molar-refractivity contribution in [1.29, 1.82) is 0 Å². The van der Waals surface area contributed by atoms with Crippen molar-refractivity contribution in [3.05, 3.63) is 28.2 Å². The molecule has 0 unspecified atom stereocenters. The largest absolute Gasteiger partial charge is 0.478 e. The summed E-state index contributed by atoms with van der Waals surface area (Å²) in [5.41, 5.74) is -0.0623. The standard InChI is InChI=1S/C11H15BrN2O4S/c1-3-14(4-2)19(17,18)13-10-7-8(12)5-6-9(10)11(15)16/h5-7,13H,3-4H2,1-2H3,(H,15,16). The molecule has 1 aromatic rings. The summed E-state index contributed by atoms with van der Waals surface area (Å²) >= 11 is 3.18. The van der Waals surface area contributed by atoms with Crippen LogP contribution in [0.15, 0.2) is 22.7 Å². The van der Waals surface area contributed by atoms with E-state index >= 15 is 0 Å². The molecular weight excluding hydrogens is 336 g/mol. The molecule has 1 aromatic carbocycles. The Bertz CT molecular complexity index is 570. The molecule has 8 heteroatoms. The molecule has 0 heterocycles. The van der Waals surface area contributed by atoms with Gasteiger partial charge in [0.2, 0.25) is 0 Å². The van der Waals surface area contributed by atoms with E-state index < -0.39 is 16.2 Å². The number of nitrogens with zero attached hydrogens (tertiary/aromatic N) is 1. The zero-order valence-electron chi connectivity index (χ0n) is 10.6. The second-order valence-electron chi connectivity index (χ2n) is 3.69. The van der Waals surface area contributed by atoms with Gasteiger partial charge in [0.15, 0.2) is 0 Å². The minimum absolute atomic E-state index is 0.0359. The summed E-state index contributed by atoms with van der Waals surface area (Å²) in [5, 5.41) is 9.04. The fourth-order valence-electron chi connectivity index (χ4n) is 1.55. The summed E-state index contributed by atoms with van der Waals surface area (Å²) < 4.78 is 28.2. The molecular formula is C11H15BrN2O4S. The van der Waals surface area contributed by atoms with Gasteiger partial charge in [0.05, 0.1) is 11.3 Å². The second-order valence-corrected chi connectivity index (χ2v) is 6.27. The maximum atomic E-state index is 12.1. The van der Waals surface area contributed by atoms with Gasteiger partial charge in [-0.2, -0.15) is 12.7 Å². The number of halogens is 1. The van der Waals surface area contributed by atoms with Gasteiger partial charge in [-0.3, -0.25) is 4.72 Å². The first-order valence-electron chi connectivity index (χ1n) is 5.62. The van der Waals surface area contributed by atoms with Gasteiger partial charge in [0.25, 0.3) is 0 Å². The average molecular weight is 351 g/mol. The lowest BCUT2D eigenvalue weighted by molar-refractivity contribution is 0.0698. The van der Waals surface area contributed by atoms with Gasteiger partial charge in [-0.25, -0.2) is 4.79 Å². The molecule has 2 N–H and O–H groups in total. The zero-order chi connectivity index (χ0) is 14.6. The van der Waals surface area contributed by atoms with Gasteiger partial charge < -0.3 is 5.11 Å². The third-order valence-electron chi connectivity index (χ3n) is 2.50. The number of hydrogen-bond donors (Lipinski definition) is 2. The van der Waals surface area contributed by atoms with E-state index in [2.05, 4.69) is 20.7 Å². The van der Waals surface area contributed by atoms with Crippen LogP contribution in [0.4, 0.5) is 5.69 Å². The first kappa shape index (κ1) is 15.9. The van der Waals surface area contributed by atoms with E-state index in [-0.39, 0.29) is 11.3 Å². The van der Waals surface area contributed by atoms with Crippen LogP contribution in [0.2, 0.25) is 0 Å². The Morgan fingerprint density at radius 2 is 1.95 bits per heavy atom. The van der Waals surface area contributed by atoms with Crippen LogP contribution in [-0.4, -0.2) is 36.9 Å². The molecule has 1 rings (SSSR count). The van der Waals surface area contributed by atoms with E-state index in [1.807, 2.05) is 0 Å². The molecule has 0 bridgehead atoms. The summed E-state index contributed by atoms with van der Waals surface area (Å²) in [6.45, 7) is 4.04. The zero-order valence-corrected chi connectivity index (χ0v) is 13.0. The van der Waals surface area contributed by atoms with Crippen LogP contribution >= 0.6 is 15.9 Å². The summed E-state index contributed by atoms with van der Waals surface area (Å²) in [7, 11) is -3.75. The highest BCUT2D eigenvalue weighted by Crippen LogP contribution is 2.23. The number of nitrogens with one attached hydrogen (secondary N) is 1. The Morgan fingerprint density at radius 1 is 1.37 bits per heavy atom. The van der Waals surface area contributed by atoms with Gasteiger partial charge in [-0.05, 0) is 18.2 Å². The third-order valence-corrected chi connectivity index (χ3v) is 4.66. The molecule has 0 aliphatic heterocycles. The lowest BCUT2D eigenvalue weighted by atomic mass is 10.2. The monoisotopic (exact) mass is 350 g/mol. The molecule has 0 saturated heterocycles. The van der Waals surface area contributed by atoms with Gasteiger partial charge in [-0.1, -0.05) is 29.8 Å². The van der Waals surface area contributed by atoms with E-state index in [4.69, 9.17) is 5.11 Å². The summed E-state index contributed by atoms with van der Waals surface area (Å²) in [4.78, 5) is 11.1. The van der Waals surface area contributed by atoms with E-state index in [0.29, 0.717) is 17.6 Å². The minimum atomic E-state index is -3.75. The topological polar surface area (TPSA) is 86.7 Å². The molecule has 19 heavy (non-hydrogen) atoms. The van der Waals surface area contributed by atoms with Crippen molar-refractivity contribution in [2.45, 2.75) is 13.8 Å². The number of aromatic carboxylic acids is 1. The normalized spacial score (nSPS) is 11.6. The minimum Gasteiger partial charge on any atom is -0.478 e. The molecule has 106 valence electrons. The van der Waals surface area contributed by atoms with Crippen LogP contribution in [-0.2, 0) is 10.2 Å². The highest BCUT2D eigenvalue weighted by molar-refractivity contribution is 9.10. The molecule has 0 amide bonds. The van der Waals surface area contributed by atoms with Crippen molar-refractivity contribution >= 4 is 37.8 Å². The van der Waals surface area contributed by atoms with E-state index in [1.54, 1.807) is 19.9 Å². The Balaban J connectivity index is 3.18. The first-order valence-corrected chi connectivity index (χ1v) is 7.85. The third kappa shape index (κ3) is 3.92. The SMILES string of the molecule is CCN(CC)S(=O)(=O)Nc1cc(Br)ccc1C(=O)O. The quantitative estimate of drug-likeness (QED) is 0.822. The molecule has 0 aliphatic carbocycles. The lowest BCUT2D eigenvalue weighted by Crippen LogP contribution is -2.35. The van der Waals surface area contributed by atoms with Crippen LogP contribution in [0.5, 0.6) is 0 Å². The van der Waals surface area contributed by atoms with Crippen LogP contribution in [0.3, 0.4) is 0 Å². The predicted octanol–water partition coefficient (Wildman–Crippen LogP) is 2.15. The second kappa shape index (κ2) is 6.36. The molecule has 0 aromatic heterocycles. The highest BCUT2D eigenvalue weighted by Gasteiger charge is 2.21. The van der Waals surface area contributed by atoms with Crippen molar-refractivity contribution in [2.24, 2.45) is 0 Å². The Labute approximate surface area is 120 Å². The maximum absolute atomic E-state index is 12.1. The fraction of sp³-hybridized carbons (Fsp3) is 0.364. The average Bonchev–Trinajstić information content (AvgIpc) is 2.28. The smallest absolute Gasteiger partial charge is 0.337 e. The van der Waals surface area contributed by atoms with E-state index in [1.165, 1.54) is 16.4 Å². The number of hydrogen-bond acceptors (Lipinski definition) is 3. The van der Waals surface area contributed by atoms with Crippen molar-refractivity contribution < 1.29 is 18.3 Å². The number of benzene rings is 1. The number of carboxylic acids is 1. The maximum Gasteiger partial charge on any atom is 0.337 e. The van der Waals surface area contributed by atoms with E-state index in [0.717, 1.165) is 0 Å². The molecule has 0 atom stereocenters. The number of anilines is 1. The molecule has 0 fully saturated rings. The summed E-state index contributed by atoms with van der Waals surface area (Å²) in [5.74, 6) is -1.19. The van der Waals surface area contributed by atoms with Gasteiger partial charge in [0.1, 0.15) is 0 Å². The Hall–Kier alpha value is -1.12. The van der Waals surface area contributed by atoms with E-state index in [9.17, 15) is 13.2 Å². The van der Waals surface area contributed by atoms with Crippen LogP contribution < -0.4 is 4.72 Å². The summed E-state index contributed by atoms with van der Waals surface area (Å²) in [6, 6.07) is 4.30. The van der Waals surface area contributed by atoms with Crippen molar-refractivity contribution in [3.63, 3.8) is 0 Å². The molecule has 6 nitrogen and oxygen atoms in total. The van der Waals surface area contributed by atoms with Crippen LogP contribution in [0.25, 0.3) is 0 Å². The molecule has 0 spiro atoms. The Kier molecular flexibility index (Phi) is 5.33. The van der Waals surface area contributed by atoms with Crippen LogP contribution in [0, 0.1) is 0 Å². The van der Waals surface area contributed by atoms with Crippen molar-refractivity contribution in [3.8, 4) is 0 Å². The molecule has 0 saturated carbocycles. The first-order chi connectivity index (χ1) is 8.81.